The molecule has 0 aliphatic heterocycles. The molecule has 0 fully saturated rings. The smallest absolute Gasteiger partial charge is 0.303 e. The second kappa shape index (κ2) is 52.5. The van der Waals surface area contributed by atoms with Gasteiger partial charge in [0.25, 0.3) is 0 Å². The number of carboxylic acid groups (broad SMARTS) is 4. The molecule has 0 radical (unpaired) electrons. The van der Waals surface area contributed by atoms with Gasteiger partial charge in [-0.1, -0.05) is 97.6 Å². The van der Waals surface area contributed by atoms with Crippen LogP contribution in [0.4, 0.5) is 0 Å². The third-order valence-corrected chi connectivity index (χ3v) is 17.0. The van der Waals surface area contributed by atoms with Crippen molar-refractivity contribution in [1.29, 1.82) is 0 Å². The van der Waals surface area contributed by atoms with E-state index in [1.165, 1.54) is 6.92 Å². The van der Waals surface area contributed by atoms with Crippen molar-refractivity contribution in [3.05, 3.63) is 35.9 Å². The zero-order chi connectivity index (χ0) is 82.5. The minimum atomic E-state index is -1.93. The van der Waals surface area contributed by atoms with E-state index in [-0.39, 0.29) is 82.4 Å². The van der Waals surface area contributed by atoms with Gasteiger partial charge in [-0.15, -0.1) is 0 Å². The Labute approximate surface area is 634 Å². The Morgan fingerprint density at radius 2 is 0.734 bits per heavy atom. The average molecular weight is 1540 g/mol. The Balaban J connectivity index is 3.70. The number of unbranched alkanes of at least 4 members (excludes halogenated alkanes) is 3. The van der Waals surface area contributed by atoms with E-state index in [2.05, 4.69) is 68.8 Å². The first-order valence-electron chi connectivity index (χ1n) is 36.9. The van der Waals surface area contributed by atoms with E-state index >= 15 is 0 Å². The van der Waals surface area contributed by atoms with E-state index in [1.54, 1.807) is 58.0 Å². The molecule has 1 aromatic rings. The molecule has 0 spiro atoms. The van der Waals surface area contributed by atoms with Crippen molar-refractivity contribution >= 4 is 107 Å². The summed E-state index contributed by atoms with van der Waals surface area (Å²) in [7, 11) is 0. The van der Waals surface area contributed by atoms with E-state index < -0.39 is 237 Å². The molecule has 38 heteroatoms. The van der Waals surface area contributed by atoms with E-state index in [4.69, 9.17) is 28.0 Å². The number of aliphatic carboxylic acids is 4. The zero-order valence-electron chi connectivity index (χ0n) is 63.6. The Morgan fingerprint density at radius 1 is 0.376 bits per heavy atom. The molecule has 1 aromatic carbocycles. The molecule has 1 rings (SSSR count). The molecule has 12 atom stereocenters. The molecule has 0 bridgehead atoms. The zero-order valence-corrected chi connectivity index (χ0v) is 63.6. The number of guanidine groups is 1. The topological polar surface area (TPSA) is 632 Å². The maximum Gasteiger partial charge on any atom is 0.303 e. The first kappa shape index (κ1) is 96.5. The van der Waals surface area contributed by atoms with Crippen LogP contribution in [0.2, 0.25) is 0 Å². The number of carbonyl (C=O) groups excluding carboxylic acids is 13. The van der Waals surface area contributed by atoms with Gasteiger partial charge >= 0.3 is 23.9 Å². The van der Waals surface area contributed by atoms with Crippen LogP contribution in [-0.2, 0) is 87.9 Å². The minimum Gasteiger partial charge on any atom is -0.481 e. The number of carboxylic acids is 4. The monoisotopic (exact) mass is 1540 g/mol. The first-order chi connectivity index (χ1) is 51.3. The molecular formula is C71H117N17O21. The van der Waals surface area contributed by atoms with Crippen LogP contribution in [0.15, 0.2) is 35.3 Å². The highest BCUT2D eigenvalue weighted by Gasteiger charge is 2.38. The van der Waals surface area contributed by atoms with Gasteiger partial charge in [0, 0.05) is 51.1 Å². The molecule has 0 aromatic heterocycles. The van der Waals surface area contributed by atoms with Crippen LogP contribution >= 0.6 is 0 Å². The third-order valence-electron chi connectivity index (χ3n) is 17.0. The summed E-state index contributed by atoms with van der Waals surface area (Å²) in [6.07, 6.45) is -3.68. The van der Waals surface area contributed by atoms with Gasteiger partial charge in [-0.3, -0.25) is 86.5 Å². The van der Waals surface area contributed by atoms with Crippen LogP contribution in [0.5, 0.6) is 0 Å². The fraction of sp³-hybridized carbons (Fsp3) is 0.662. The number of amides is 13. The van der Waals surface area contributed by atoms with Gasteiger partial charge in [-0.25, -0.2) is 0 Å². The lowest BCUT2D eigenvalue weighted by Crippen LogP contribution is -2.61. The van der Waals surface area contributed by atoms with Gasteiger partial charge in [0.05, 0.1) is 6.42 Å². The van der Waals surface area contributed by atoms with Gasteiger partial charge in [-0.2, -0.15) is 0 Å². The van der Waals surface area contributed by atoms with Crippen molar-refractivity contribution in [1.82, 2.24) is 63.8 Å². The van der Waals surface area contributed by atoms with Crippen molar-refractivity contribution in [2.45, 2.75) is 276 Å². The molecule has 24 N–H and O–H groups in total. The molecule has 13 amide bonds. The third kappa shape index (κ3) is 41.4. The number of aliphatic imine (C=N–C) groups is 1. The second-order valence-electron chi connectivity index (χ2n) is 27.5. The van der Waals surface area contributed by atoms with Crippen LogP contribution in [0, 0.1) is 11.8 Å². The van der Waals surface area contributed by atoms with E-state index in [0.717, 1.165) is 0 Å². The molecule has 0 aliphatic carbocycles. The molecule has 0 saturated carbocycles. The van der Waals surface area contributed by atoms with Gasteiger partial charge in [0.15, 0.2) is 5.96 Å². The minimum absolute atomic E-state index is 0.0862. The summed E-state index contributed by atoms with van der Waals surface area (Å²) in [4.78, 5) is 232. The summed E-state index contributed by atoms with van der Waals surface area (Å²) in [6, 6.07) is -8.89. The van der Waals surface area contributed by atoms with Crippen molar-refractivity contribution in [3.63, 3.8) is 0 Å². The van der Waals surface area contributed by atoms with Crippen LogP contribution in [-0.4, -0.2) is 213 Å². The van der Waals surface area contributed by atoms with Gasteiger partial charge in [0.1, 0.15) is 66.5 Å². The van der Waals surface area contributed by atoms with Crippen LogP contribution in [0.3, 0.4) is 0 Å². The molecule has 0 heterocycles. The van der Waals surface area contributed by atoms with Crippen molar-refractivity contribution in [2.24, 2.45) is 39.8 Å². The molecule has 0 unspecified atom stereocenters. The van der Waals surface area contributed by atoms with Gasteiger partial charge in [-0.05, 0) is 115 Å². The number of carbonyl (C=O) groups is 17. The van der Waals surface area contributed by atoms with Crippen LogP contribution in [0.1, 0.15) is 202 Å². The quantitative estimate of drug-likeness (QED) is 0.0192. The highest BCUT2D eigenvalue weighted by molar-refractivity contribution is 6.00. The lowest BCUT2D eigenvalue weighted by Gasteiger charge is -2.28. The summed E-state index contributed by atoms with van der Waals surface area (Å²) in [5, 5.41) is 68.6. The van der Waals surface area contributed by atoms with Crippen LogP contribution < -0.4 is 86.7 Å². The van der Waals surface area contributed by atoms with E-state index in [1.807, 2.05) is 20.8 Å². The van der Waals surface area contributed by atoms with Crippen molar-refractivity contribution in [2.75, 3.05) is 13.1 Å². The number of nitrogens with two attached hydrogens (primary N) is 4. The predicted molar refractivity (Wildman–Crippen MR) is 397 cm³/mol. The fourth-order valence-corrected chi connectivity index (χ4v) is 11.1. The van der Waals surface area contributed by atoms with E-state index in [0.29, 0.717) is 37.7 Å². The summed E-state index contributed by atoms with van der Waals surface area (Å²) in [5.41, 5.74) is 22.8. The molecule has 0 saturated heterocycles. The van der Waals surface area contributed by atoms with Gasteiger partial charge < -0.3 is 107 Å². The summed E-state index contributed by atoms with van der Waals surface area (Å²) in [6.45, 7) is 14.0. The SMILES string of the molecule is CCCC[C@H](NC(=O)CCC(=O)O)C(=O)N[C@H](Cc1ccccc1)C(=O)N[C@@H](CCCCN)C(=O)N[C@@H](CCC(N)=O)C(=O)N[C@@H](CCCC)C(=O)N[C@@H](CCC(=O)O)C(=O)N[C@@H](CCC(=O)O)C(=O)N[C@@H](CCC(=O)O)C(=O)N[C@@H](C)C(=O)N[C@H](C(=O)N[C@@H](CCCN=C(N)N)C(=O)N[C@H](C)CC(C)C)C(C)C. The maximum atomic E-state index is 14.5. The number of hydrogen-bond donors (Lipinski definition) is 20. The average Bonchev–Trinajstić information content (AvgIpc) is 0.859. The first-order valence-corrected chi connectivity index (χ1v) is 36.9. The normalized spacial score (nSPS) is 14.3. The molecule has 109 heavy (non-hydrogen) atoms. The Morgan fingerprint density at radius 3 is 1.12 bits per heavy atom. The maximum absolute atomic E-state index is 14.5. The number of hydrogen-bond acceptors (Lipinski definition) is 19. The molecular weight excluding hydrogens is 1430 g/mol. The summed E-state index contributed by atoms with van der Waals surface area (Å²) in [5.74, 6) is -18.8. The molecule has 38 nitrogen and oxygen atoms in total. The lowest BCUT2D eigenvalue weighted by molar-refractivity contribution is -0.140. The van der Waals surface area contributed by atoms with E-state index in [9.17, 15) is 96.8 Å². The standard InChI is InChI=1S/C71H117N17O21/c1-9-11-21-44(79-54(90)30-34-58(97)98)63(102)87-52(38-43-19-14-13-15-20-43)69(108)81-46(23-16-17-35-72)65(104)82-48(25-29-53(73)89)66(105)80-45(22-12-10-2)64(103)84-50(27-32-56(93)94)68(107)85-51(28-33-57(95)96)67(106)83-49(26-31-55(91)92)62(101)78-42(8)60(99)88-59(40(5)6)70(109)86-47(24-18-36-76-71(74)75)61(100)77-41(7)37-39(3)4/h13-15,19-20,39-42,44-52,59H,9-12,16-18,21-38,72H2,1-8H3,(H2,73,89)(H,77,100)(H,78,101)(H,79,90)(H,80,105)(H,81,108)(H,82,104)(H,83,106)(H,84,103)(H,85,107)(H,86,109)(H,87,102)(H,88,99)(H,91,92)(H,93,94)(H,95,96)(H,97,98)(H4,74,75,76)/t41-,42+,44+,45+,46+,47+,48+,49+,50+,51+,52-,59+/m1/s1. The highest BCUT2D eigenvalue weighted by atomic mass is 16.4. The number of nitrogens with one attached hydrogen (secondary N) is 12. The van der Waals surface area contributed by atoms with Crippen molar-refractivity contribution < 1.29 is 102 Å². The number of nitrogens with zero attached hydrogens (tertiary/aromatic N) is 1. The van der Waals surface area contributed by atoms with Crippen LogP contribution in [0.25, 0.3) is 0 Å². The summed E-state index contributed by atoms with van der Waals surface area (Å²) >= 11 is 0. The number of rotatable bonds is 57. The molecule has 612 valence electrons. The number of primary amides is 1. The van der Waals surface area contributed by atoms with Gasteiger partial charge in [0.2, 0.25) is 76.8 Å². The highest BCUT2D eigenvalue weighted by Crippen LogP contribution is 2.15. The van der Waals surface area contributed by atoms with Crippen molar-refractivity contribution in [3.8, 4) is 0 Å². The Hall–Kier alpha value is -10.6. The molecule has 0 aliphatic rings. The Kier molecular flexibility index (Phi) is 46.4. The summed E-state index contributed by atoms with van der Waals surface area (Å²) < 4.78 is 0. The largest absolute Gasteiger partial charge is 0.481 e. The Bertz CT molecular complexity index is 3230. The fourth-order valence-electron chi connectivity index (χ4n) is 11.1. The second-order valence-corrected chi connectivity index (χ2v) is 27.5. The predicted octanol–water partition coefficient (Wildman–Crippen LogP) is -1.92. The number of benzene rings is 1. The lowest BCUT2D eigenvalue weighted by atomic mass is 10.0.